The number of carbonyl (C=O) groups excluding carboxylic acids is 2. The second-order valence-electron chi connectivity index (χ2n) is 9.60. The van der Waals surface area contributed by atoms with E-state index in [-0.39, 0.29) is 35.9 Å². The van der Waals surface area contributed by atoms with Crippen molar-refractivity contribution in [1.82, 2.24) is 15.5 Å². The minimum absolute atomic E-state index is 0.0696. The van der Waals surface area contributed by atoms with Gasteiger partial charge in [0.25, 0.3) is 5.91 Å². The Balaban J connectivity index is 1.29. The van der Waals surface area contributed by atoms with E-state index in [1.165, 1.54) is 5.56 Å². The summed E-state index contributed by atoms with van der Waals surface area (Å²) in [6.07, 6.45) is 4.54. The van der Waals surface area contributed by atoms with Crippen LogP contribution in [-0.4, -0.2) is 48.5 Å². The predicted octanol–water partition coefficient (Wildman–Crippen LogP) is 4.39. The maximum absolute atomic E-state index is 13.1. The largest absolute Gasteiger partial charge is 0.483 e. The highest BCUT2D eigenvalue weighted by molar-refractivity contribution is 6.30. The molecule has 2 N–H and O–H groups in total. The van der Waals surface area contributed by atoms with E-state index in [0.29, 0.717) is 17.2 Å². The van der Waals surface area contributed by atoms with Crippen molar-refractivity contribution in [3.8, 4) is 0 Å². The van der Waals surface area contributed by atoms with Gasteiger partial charge in [-0.15, -0.1) is 0 Å². The molecule has 0 aromatic heterocycles. The SMILES string of the molecule is CCC(CN(C)Cc1ccccc1)NC(=O)C1CCC2O/C(=C/c3ccc(Cl)cc3)C(=O)NC2C1. The van der Waals surface area contributed by atoms with Gasteiger partial charge < -0.3 is 20.3 Å². The zero-order valence-corrected chi connectivity index (χ0v) is 21.1. The van der Waals surface area contributed by atoms with E-state index < -0.39 is 0 Å². The molecular formula is C28H34ClN3O3. The van der Waals surface area contributed by atoms with Gasteiger partial charge in [0.1, 0.15) is 6.10 Å². The molecule has 4 unspecified atom stereocenters. The summed E-state index contributed by atoms with van der Waals surface area (Å²) in [6, 6.07) is 17.5. The van der Waals surface area contributed by atoms with Crippen molar-refractivity contribution >= 4 is 29.5 Å². The lowest BCUT2D eigenvalue weighted by atomic mass is 9.82. The molecule has 1 saturated carbocycles. The zero-order chi connectivity index (χ0) is 24.8. The fraction of sp³-hybridized carbons (Fsp3) is 0.429. The number of hydrogen-bond acceptors (Lipinski definition) is 4. The highest BCUT2D eigenvalue weighted by Crippen LogP contribution is 2.32. The first-order valence-corrected chi connectivity index (χ1v) is 12.8. The third-order valence-electron chi connectivity index (χ3n) is 6.81. The smallest absolute Gasteiger partial charge is 0.286 e. The molecule has 2 aromatic rings. The quantitative estimate of drug-likeness (QED) is 0.533. The molecule has 1 saturated heterocycles. The summed E-state index contributed by atoms with van der Waals surface area (Å²) >= 11 is 5.95. The molecule has 2 aliphatic rings. The van der Waals surface area contributed by atoms with Crippen LogP contribution in [0.5, 0.6) is 0 Å². The van der Waals surface area contributed by atoms with Crippen LogP contribution in [0.2, 0.25) is 5.02 Å². The number of nitrogens with zero attached hydrogens (tertiary/aromatic N) is 1. The van der Waals surface area contributed by atoms with Crippen LogP contribution in [0, 0.1) is 5.92 Å². The Hall–Kier alpha value is -2.83. The Kier molecular flexibility index (Phi) is 8.47. The van der Waals surface area contributed by atoms with E-state index in [1.54, 1.807) is 18.2 Å². The van der Waals surface area contributed by atoms with Gasteiger partial charge in [0.2, 0.25) is 5.91 Å². The van der Waals surface area contributed by atoms with Gasteiger partial charge in [-0.3, -0.25) is 9.59 Å². The molecule has 2 fully saturated rings. The summed E-state index contributed by atoms with van der Waals surface area (Å²) in [5.74, 6) is 0.00999. The molecule has 1 heterocycles. The Bertz CT molecular complexity index is 1040. The van der Waals surface area contributed by atoms with Crippen molar-refractivity contribution < 1.29 is 14.3 Å². The highest BCUT2D eigenvalue weighted by Gasteiger charge is 2.40. The number of benzene rings is 2. The second-order valence-corrected chi connectivity index (χ2v) is 10.0. The molecule has 0 spiro atoms. The van der Waals surface area contributed by atoms with Gasteiger partial charge in [0.05, 0.1) is 6.04 Å². The normalized spacial score (nSPS) is 23.8. The Labute approximate surface area is 212 Å². The van der Waals surface area contributed by atoms with Gasteiger partial charge in [-0.1, -0.05) is 61.0 Å². The van der Waals surface area contributed by atoms with Crippen molar-refractivity contribution in [2.75, 3.05) is 13.6 Å². The lowest BCUT2D eigenvalue weighted by Gasteiger charge is -2.40. The van der Waals surface area contributed by atoms with E-state index >= 15 is 0 Å². The van der Waals surface area contributed by atoms with Gasteiger partial charge >= 0.3 is 0 Å². The van der Waals surface area contributed by atoms with Gasteiger partial charge in [0, 0.05) is 30.1 Å². The van der Waals surface area contributed by atoms with Crippen LogP contribution in [-0.2, 0) is 20.9 Å². The molecule has 1 aliphatic carbocycles. The van der Waals surface area contributed by atoms with Crippen molar-refractivity contribution in [3.63, 3.8) is 0 Å². The predicted molar refractivity (Wildman–Crippen MR) is 139 cm³/mol. The van der Waals surface area contributed by atoms with E-state index in [0.717, 1.165) is 37.9 Å². The molecule has 6 nitrogen and oxygen atoms in total. The van der Waals surface area contributed by atoms with Crippen molar-refractivity contribution in [1.29, 1.82) is 0 Å². The van der Waals surface area contributed by atoms with Crippen LogP contribution in [0.4, 0.5) is 0 Å². The molecule has 35 heavy (non-hydrogen) atoms. The number of nitrogens with one attached hydrogen (secondary N) is 2. The average Bonchev–Trinajstić information content (AvgIpc) is 2.85. The van der Waals surface area contributed by atoms with Gasteiger partial charge in [0.15, 0.2) is 5.76 Å². The van der Waals surface area contributed by atoms with Gasteiger partial charge in [-0.25, -0.2) is 0 Å². The summed E-state index contributed by atoms with van der Waals surface area (Å²) in [5.41, 5.74) is 2.11. The van der Waals surface area contributed by atoms with E-state index in [1.807, 2.05) is 30.3 Å². The molecule has 1 aliphatic heterocycles. The topological polar surface area (TPSA) is 70.7 Å². The summed E-state index contributed by atoms with van der Waals surface area (Å²) in [6.45, 7) is 3.73. The van der Waals surface area contributed by atoms with E-state index in [2.05, 4.69) is 41.6 Å². The number of morpholine rings is 1. The standard InChI is InChI=1S/C28H34ClN3O3/c1-3-23(18-32(2)17-20-7-5-4-6-8-20)30-27(33)21-11-14-25-24(16-21)31-28(34)26(35-25)15-19-9-12-22(29)13-10-19/h4-10,12-13,15,21,23-25H,3,11,14,16-18H2,1-2H3,(H,30,33)(H,31,34)/b26-15+. The van der Waals surface area contributed by atoms with Crippen molar-refractivity contribution in [3.05, 3.63) is 76.5 Å². The number of hydrogen-bond donors (Lipinski definition) is 2. The molecule has 4 atom stereocenters. The molecule has 0 bridgehead atoms. The van der Waals surface area contributed by atoms with Gasteiger partial charge in [-0.05, 0) is 62.1 Å². The number of ether oxygens (including phenoxy) is 1. The van der Waals surface area contributed by atoms with Crippen LogP contribution >= 0.6 is 11.6 Å². The summed E-state index contributed by atoms with van der Waals surface area (Å²) < 4.78 is 6.05. The van der Waals surface area contributed by atoms with Crippen LogP contribution < -0.4 is 10.6 Å². The number of carbonyl (C=O) groups is 2. The van der Waals surface area contributed by atoms with Crippen LogP contribution in [0.3, 0.4) is 0 Å². The first kappa shape index (κ1) is 25.3. The number of amides is 2. The number of likely N-dealkylation sites (N-methyl/N-ethyl adjacent to an activating group) is 1. The first-order chi connectivity index (χ1) is 16.9. The maximum atomic E-state index is 13.1. The molecule has 2 amide bonds. The average molecular weight is 496 g/mol. The highest BCUT2D eigenvalue weighted by atomic mass is 35.5. The minimum atomic E-state index is -0.240. The lowest BCUT2D eigenvalue weighted by molar-refractivity contribution is -0.135. The van der Waals surface area contributed by atoms with E-state index in [9.17, 15) is 9.59 Å². The Morgan fingerprint density at radius 1 is 1.20 bits per heavy atom. The Morgan fingerprint density at radius 3 is 2.66 bits per heavy atom. The second kappa shape index (κ2) is 11.7. The Morgan fingerprint density at radius 2 is 1.94 bits per heavy atom. The van der Waals surface area contributed by atoms with Gasteiger partial charge in [-0.2, -0.15) is 0 Å². The van der Waals surface area contributed by atoms with Crippen LogP contribution in [0.15, 0.2) is 60.4 Å². The van der Waals surface area contributed by atoms with Crippen molar-refractivity contribution in [2.45, 2.75) is 57.3 Å². The fourth-order valence-electron chi connectivity index (χ4n) is 4.87. The molecular weight excluding hydrogens is 462 g/mol. The molecule has 0 radical (unpaired) electrons. The third-order valence-corrected chi connectivity index (χ3v) is 7.06. The van der Waals surface area contributed by atoms with E-state index in [4.69, 9.17) is 16.3 Å². The van der Waals surface area contributed by atoms with Crippen LogP contribution in [0.25, 0.3) is 6.08 Å². The first-order valence-electron chi connectivity index (χ1n) is 12.4. The maximum Gasteiger partial charge on any atom is 0.286 e. The summed E-state index contributed by atoms with van der Waals surface area (Å²) in [5, 5.41) is 6.96. The molecule has 4 rings (SSSR count). The van der Waals surface area contributed by atoms with Crippen LogP contribution in [0.1, 0.15) is 43.7 Å². The summed E-state index contributed by atoms with van der Waals surface area (Å²) in [4.78, 5) is 28.0. The number of rotatable bonds is 8. The lowest BCUT2D eigenvalue weighted by Crippen LogP contribution is -2.55. The monoisotopic (exact) mass is 495 g/mol. The fourth-order valence-corrected chi connectivity index (χ4v) is 5.00. The number of fused-ring (bicyclic) bond motifs is 1. The van der Waals surface area contributed by atoms with Crippen molar-refractivity contribution in [2.24, 2.45) is 5.92 Å². The summed E-state index contributed by atoms with van der Waals surface area (Å²) in [7, 11) is 2.08. The minimum Gasteiger partial charge on any atom is -0.483 e. The molecule has 186 valence electrons. The number of halogens is 1. The molecule has 2 aromatic carbocycles. The zero-order valence-electron chi connectivity index (χ0n) is 20.4. The molecule has 7 heteroatoms. The third kappa shape index (κ3) is 6.86.